The van der Waals surface area contributed by atoms with E-state index >= 15 is 0 Å². The predicted molar refractivity (Wildman–Crippen MR) is 87.1 cm³/mol. The number of hydrogen-bond acceptors (Lipinski definition) is 4. The monoisotopic (exact) mass is 270 g/mol. The molecule has 2 aromatic rings. The average molecular weight is 270 g/mol. The van der Waals surface area contributed by atoms with Crippen LogP contribution in [0.15, 0.2) is 42.6 Å². The van der Waals surface area contributed by atoms with Gasteiger partial charge in [0, 0.05) is 50.0 Å². The molecule has 2 N–H and O–H groups in total. The molecule has 0 fully saturated rings. The molecule has 4 heteroatoms. The first kappa shape index (κ1) is 14.2. The van der Waals surface area contributed by atoms with Crippen LogP contribution >= 0.6 is 0 Å². The molecule has 0 aliphatic heterocycles. The quantitative estimate of drug-likeness (QED) is 0.839. The number of pyridine rings is 1. The summed E-state index contributed by atoms with van der Waals surface area (Å²) in [6.45, 7) is 3.08. The molecule has 0 saturated carbocycles. The van der Waals surface area contributed by atoms with Crippen molar-refractivity contribution in [3.05, 3.63) is 42.6 Å². The van der Waals surface area contributed by atoms with Crippen molar-refractivity contribution in [2.24, 2.45) is 0 Å². The standard InChI is InChI=1S/C16H22N4/c1-4-9-17-16-12-14(8-10-18-16)19-13-6-5-7-15(11-13)20(2)3/h5-8,10-12H,4,9H2,1-3H3,(H2,17,18,19). The van der Waals surface area contributed by atoms with Gasteiger partial charge in [-0.05, 0) is 30.7 Å². The zero-order valence-corrected chi connectivity index (χ0v) is 12.4. The van der Waals surface area contributed by atoms with Gasteiger partial charge in [0.1, 0.15) is 5.82 Å². The van der Waals surface area contributed by atoms with E-state index in [-0.39, 0.29) is 0 Å². The number of benzene rings is 1. The SMILES string of the molecule is CCCNc1cc(Nc2cccc(N(C)C)c2)ccn1. The molecule has 0 aliphatic carbocycles. The number of anilines is 4. The van der Waals surface area contributed by atoms with Crippen molar-refractivity contribution in [1.82, 2.24) is 4.98 Å². The summed E-state index contributed by atoms with van der Waals surface area (Å²) in [5, 5.41) is 6.70. The minimum atomic E-state index is 0.903. The molecular weight excluding hydrogens is 248 g/mol. The highest BCUT2D eigenvalue weighted by molar-refractivity contribution is 5.66. The maximum atomic E-state index is 4.30. The Morgan fingerprint density at radius 3 is 2.65 bits per heavy atom. The van der Waals surface area contributed by atoms with E-state index in [0.29, 0.717) is 0 Å². The fourth-order valence-electron chi connectivity index (χ4n) is 1.89. The largest absolute Gasteiger partial charge is 0.378 e. The second-order valence-corrected chi connectivity index (χ2v) is 4.93. The van der Waals surface area contributed by atoms with Crippen molar-refractivity contribution in [1.29, 1.82) is 0 Å². The van der Waals surface area contributed by atoms with E-state index in [0.717, 1.165) is 30.2 Å². The first-order valence-corrected chi connectivity index (χ1v) is 6.93. The maximum Gasteiger partial charge on any atom is 0.127 e. The molecule has 0 amide bonds. The summed E-state index contributed by atoms with van der Waals surface area (Å²) >= 11 is 0. The van der Waals surface area contributed by atoms with E-state index in [1.54, 1.807) is 0 Å². The highest BCUT2D eigenvalue weighted by Crippen LogP contribution is 2.22. The number of aromatic nitrogens is 1. The summed E-state index contributed by atoms with van der Waals surface area (Å²) in [6.07, 6.45) is 2.90. The second kappa shape index (κ2) is 6.80. The smallest absolute Gasteiger partial charge is 0.127 e. The number of nitrogens with zero attached hydrogens (tertiary/aromatic N) is 2. The van der Waals surface area contributed by atoms with Crippen molar-refractivity contribution < 1.29 is 0 Å². The molecule has 0 unspecified atom stereocenters. The van der Waals surface area contributed by atoms with Crippen molar-refractivity contribution in [3.63, 3.8) is 0 Å². The van der Waals surface area contributed by atoms with Gasteiger partial charge < -0.3 is 15.5 Å². The van der Waals surface area contributed by atoms with Crippen LogP contribution in [-0.2, 0) is 0 Å². The van der Waals surface area contributed by atoms with Crippen molar-refractivity contribution >= 4 is 22.9 Å². The first-order chi connectivity index (χ1) is 9.69. The lowest BCUT2D eigenvalue weighted by Gasteiger charge is -2.14. The Morgan fingerprint density at radius 2 is 1.90 bits per heavy atom. The molecule has 0 saturated heterocycles. The highest BCUT2D eigenvalue weighted by atomic mass is 15.1. The predicted octanol–water partition coefficient (Wildman–Crippen LogP) is 3.71. The first-order valence-electron chi connectivity index (χ1n) is 6.93. The van der Waals surface area contributed by atoms with Crippen LogP contribution in [0, 0.1) is 0 Å². The van der Waals surface area contributed by atoms with Crippen molar-refractivity contribution in [2.45, 2.75) is 13.3 Å². The molecule has 1 aromatic heterocycles. The van der Waals surface area contributed by atoms with E-state index in [2.05, 4.69) is 51.7 Å². The minimum absolute atomic E-state index is 0.903. The van der Waals surface area contributed by atoms with Gasteiger partial charge in [0.25, 0.3) is 0 Å². The van der Waals surface area contributed by atoms with Crippen LogP contribution in [0.1, 0.15) is 13.3 Å². The van der Waals surface area contributed by atoms with E-state index in [1.165, 1.54) is 5.69 Å². The van der Waals surface area contributed by atoms with E-state index in [1.807, 2.05) is 32.4 Å². The van der Waals surface area contributed by atoms with Crippen LogP contribution < -0.4 is 15.5 Å². The third-order valence-corrected chi connectivity index (χ3v) is 2.97. The summed E-state index contributed by atoms with van der Waals surface area (Å²) in [6, 6.07) is 12.3. The van der Waals surface area contributed by atoms with Crippen LogP contribution in [0.3, 0.4) is 0 Å². The Balaban J connectivity index is 2.11. The van der Waals surface area contributed by atoms with Crippen molar-refractivity contribution in [2.75, 3.05) is 36.2 Å². The third kappa shape index (κ3) is 3.88. The van der Waals surface area contributed by atoms with Crippen LogP contribution in [-0.4, -0.2) is 25.6 Å². The lowest BCUT2D eigenvalue weighted by Crippen LogP contribution is -2.08. The van der Waals surface area contributed by atoms with E-state index in [9.17, 15) is 0 Å². The molecule has 0 aliphatic rings. The lowest BCUT2D eigenvalue weighted by atomic mass is 10.2. The van der Waals surface area contributed by atoms with Gasteiger partial charge >= 0.3 is 0 Å². The second-order valence-electron chi connectivity index (χ2n) is 4.93. The average Bonchev–Trinajstić information content (AvgIpc) is 2.46. The Bertz CT molecular complexity index is 552. The maximum absolute atomic E-state index is 4.30. The minimum Gasteiger partial charge on any atom is -0.378 e. The molecule has 0 radical (unpaired) electrons. The third-order valence-electron chi connectivity index (χ3n) is 2.97. The molecule has 1 heterocycles. The summed E-state index contributed by atoms with van der Waals surface area (Å²) in [7, 11) is 4.08. The number of hydrogen-bond donors (Lipinski definition) is 2. The molecule has 2 rings (SSSR count). The van der Waals surface area contributed by atoms with Crippen molar-refractivity contribution in [3.8, 4) is 0 Å². The molecular formula is C16H22N4. The van der Waals surface area contributed by atoms with Crippen LogP contribution in [0.5, 0.6) is 0 Å². The van der Waals surface area contributed by atoms with Crippen LogP contribution in [0.2, 0.25) is 0 Å². The zero-order chi connectivity index (χ0) is 14.4. The van der Waals surface area contributed by atoms with Gasteiger partial charge in [-0.15, -0.1) is 0 Å². The molecule has 1 aromatic carbocycles. The highest BCUT2D eigenvalue weighted by Gasteiger charge is 2.00. The van der Waals surface area contributed by atoms with Gasteiger partial charge in [-0.2, -0.15) is 0 Å². The normalized spacial score (nSPS) is 10.2. The van der Waals surface area contributed by atoms with Gasteiger partial charge in [-0.3, -0.25) is 0 Å². The van der Waals surface area contributed by atoms with Gasteiger partial charge in [-0.1, -0.05) is 13.0 Å². The lowest BCUT2D eigenvalue weighted by molar-refractivity contribution is 0.969. The molecule has 0 bridgehead atoms. The molecule has 0 spiro atoms. The topological polar surface area (TPSA) is 40.2 Å². The molecule has 106 valence electrons. The van der Waals surface area contributed by atoms with Crippen LogP contribution in [0.25, 0.3) is 0 Å². The van der Waals surface area contributed by atoms with E-state index in [4.69, 9.17) is 0 Å². The van der Waals surface area contributed by atoms with Crippen LogP contribution in [0.4, 0.5) is 22.9 Å². The Labute approximate surface area is 120 Å². The molecule has 4 nitrogen and oxygen atoms in total. The number of rotatable bonds is 6. The summed E-state index contributed by atoms with van der Waals surface area (Å²) < 4.78 is 0. The fraction of sp³-hybridized carbons (Fsp3) is 0.312. The van der Waals surface area contributed by atoms with E-state index < -0.39 is 0 Å². The summed E-state index contributed by atoms with van der Waals surface area (Å²) in [4.78, 5) is 6.39. The van der Waals surface area contributed by atoms with Gasteiger partial charge in [0.05, 0.1) is 0 Å². The molecule has 20 heavy (non-hydrogen) atoms. The van der Waals surface area contributed by atoms with Gasteiger partial charge in [0.2, 0.25) is 0 Å². The summed E-state index contributed by atoms with van der Waals surface area (Å²) in [5.41, 5.74) is 3.28. The Morgan fingerprint density at radius 1 is 1.10 bits per heavy atom. The van der Waals surface area contributed by atoms with Gasteiger partial charge in [-0.25, -0.2) is 4.98 Å². The molecule has 0 atom stereocenters. The Kier molecular flexibility index (Phi) is 4.82. The number of nitrogens with one attached hydrogen (secondary N) is 2. The van der Waals surface area contributed by atoms with Gasteiger partial charge in [0.15, 0.2) is 0 Å². The summed E-state index contributed by atoms with van der Waals surface area (Å²) in [5.74, 6) is 0.903. The fourth-order valence-corrected chi connectivity index (χ4v) is 1.89. The Hall–Kier alpha value is -2.23. The zero-order valence-electron chi connectivity index (χ0n) is 12.4.